The van der Waals surface area contributed by atoms with E-state index in [0.717, 1.165) is 30.2 Å². The minimum absolute atomic E-state index is 0. The number of nitrogens with one attached hydrogen (secondary N) is 2. The Hall–Kier alpha value is -1.54. The summed E-state index contributed by atoms with van der Waals surface area (Å²) >= 11 is 5.77. The summed E-state index contributed by atoms with van der Waals surface area (Å²) in [5, 5.41) is 7.00. The fourth-order valence-corrected chi connectivity index (χ4v) is 2.18. The molecule has 0 aliphatic rings. The second kappa shape index (κ2) is 11.9. The predicted molar refractivity (Wildman–Crippen MR) is 114 cm³/mol. The standard InChI is InChI=1S/C18H23ClN4O.HI/c1-14-3-6-16(7-4-14)24-12-11-22-18(20-2)21-10-9-15-5-8-17(19)23-13-15;/h3-8,13H,9-12H2,1-2H3,(H2,20,21,22);1H. The van der Waals surface area contributed by atoms with Crippen molar-refractivity contribution in [2.24, 2.45) is 4.99 Å². The van der Waals surface area contributed by atoms with E-state index < -0.39 is 0 Å². The van der Waals surface area contributed by atoms with E-state index in [1.807, 2.05) is 30.3 Å². The third-order valence-electron chi connectivity index (χ3n) is 3.40. The summed E-state index contributed by atoms with van der Waals surface area (Å²) in [6.45, 7) is 4.07. The number of rotatable bonds is 7. The highest BCUT2D eigenvalue weighted by Gasteiger charge is 1.99. The number of guanidine groups is 1. The number of hydrogen-bond donors (Lipinski definition) is 2. The van der Waals surface area contributed by atoms with Gasteiger partial charge in [0.05, 0.1) is 6.54 Å². The van der Waals surface area contributed by atoms with Gasteiger partial charge in [-0.3, -0.25) is 4.99 Å². The first-order chi connectivity index (χ1) is 11.7. The lowest BCUT2D eigenvalue weighted by Crippen LogP contribution is -2.40. The number of nitrogens with zero attached hydrogens (tertiary/aromatic N) is 2. The van der Waals surface area contributed by atoms with Crippen LogP contribution < -0.4 is 15.4 Å². The molecule has 0 radical (unpaired) electrons. The highest BCUT2D eigenvalue weighted by atomic mass is 127. The normalized spacial score (nSPS) is 10.8. The van der Waals surface area contributed by atoms with Gasteiger partial charge in [-0.2, -0.15) is 0 Å². The van der Waals surface area contributed by atoms with Gasteiger partial charge >= 0.3 is 0 Å². The van der Waals surface area contributed by atoms with Gasteiger partial charge in [-0.05, 0) is 37.1 Å². The number of aryl methyl sites for hydroxylation is 1. The SMILES string of the molecule is CN=C(NCCOc1ccc(C)cc1)NCCc1ccc(Cl)nc1.I. The van der Waals surface area contributed by atoms with Crippen molar-refractivity contribution in [1.29, 1.82) is 0 Å². The maximum absolute atomic E-state index is 5.77. The molecule has 2 aromatic rings. The molecule has 1 aromatic heterocycles. The van der Waals surface area contributed by atoms with Crippen LogP contribution in [-0.2, 0) is 6.42 Å². The number of aromatic nitrogens is 1. The molecule has 0 aliphatic carbocycles. The molecule has 0 amide bonds. The lowest BCUT2D eigenvalue weighted by molar-refractivity contribution is 0.322. The van der Waals surface area contributed by atoms with Crippen LogP contribution in [0.5, 0.6) is 5.75 Å². The summed E-state index contributed by atoms with van der Waals surface area (Å²) in [6.07, 6.45) is 2.64. The molecule has 0 spiro atoms. The monoisotopic (exact) mass is 474 g/mol. The number of aliphatic imine (C=N–C) groups is 1. The average molecular weight is 475 g/mol. The van der Waals surface area contributed by atoms with Crippen LogP contribution in [0.1, 0.15) is 11.1 Å². The summed E-state index contributed by atoms with van der Waals surface area (Å²) in [5.41, 5.74) is 2.35. The van der Waals surface area contributed by atoms with E-state index >= 15 is 0 Å². The van der Waals surface area contributed by atoms with Crippen molar-refractivity contribution in [3.63, 3.8) is 0 Å². The number of halogens is 2. The van der Waals surface area contributed by atoms with Gasteiger partial charge in [0, 0.05) is 19.8 Å². The van der Waals surface area contributed by atoms with Crippen LogP contribution in [0.25, 0.3) is 0 Å². The third kappa shape index (κ3) is 8.40. The molecule has 2 rings (SSSR count). The van der Waals surface area contributed by atoms with Gasteiger partial charge in [-0.1, -0.05) is 35.4 Å². The van der Waals surface area contributed by atoms with E-state index in [1.165, 1.54) is 5.56 Å². The van der Waals surface area contributed by atoms with E-state index in [4.69, 9.17) is 16.3 Å². The lowest BCUT2D eigenvalue weighted by atomic mass is 10.2. The Morgan fingerprint density at radius 2 is 1.84 bits per heavy atom. The second-order valence-electron chi connectivity index (χ2n) is 5.33. The van der Waals surface area contributed by atoms with Gasteiger partial charge in [-0.25, -0.2) is 4.98 Å². The van der Waals surface area contributed by atoms with Gasteiger partial charge in [-0.15, -0.1) is 24.0 Å². The van der Waals surface area contributed by atoms with E-state index in [9.17, 15) is 0 Å². The Morgan fingerprint density at radius 1 is 1.12 bits per heavy atom. The molecule has 1 heterocycles. The molecule has 7 heteroatoms. The summed E-state index contributed by atoms with van der Waals surface area (Å²) < 4.78 is 5.67. The predicted octanol–water partition coefficient (Wildman–Crippen LogP) is 3.45. The first kappa shape index (κ1) is 21.5. The van der Waals surface area contributed by atoms with Crippen molar-refractivity contribution in [3.8, 4) is 5.75 Å². The molecule has 1 aromatic carbocycles. The fourth-order valence-electron chi connectivity index (χ4n) is 2.07. The van der Waals surface area contributed by atoms with Crippen LogP contribution in [0, 0.1) is 6.92 Å². The molecule has 136 valence electrons. The first-order valence-corrected chi connectivity index (χ1v) is 8.29. The maximum atomic E-state index is 5.77. The van der Waals surface area contributed by atoms with Crippen LogP contribution in [0.4, 0.5) is 0 Å². The third-order valence-corrected chi connectivity index (χ3v) is 3.63. The Labute approximate surface area is 171 Å². The second-order valence-corrected chi connectivity index (χ2v) is 5.71. The molecule has 0 saturated heterocycles. The molecule has 0 unspecified atom stereocenters. The molecule has 0 bridgehead atoms. The largest absolute Gasteiger partial charge is 0.492 e. The number of benzene rings is 1. The highest BCUT2D eigenvalue weighted by Crippen LogP contribution is 2.10. The molecule has 2 N–H and O–H groups in total. The number of pyridine rings is 1. The fraction of sp³-hybridized carbons (Fsp3) is 0.333. The van der Waals surface area contributed by atoms with E-state index in [-0.39, 0.29) is 24.0 Å². The Bertz CT molecular complexity index is 647. The van der Waals surface area contributed by atoms with Crippen LogP contribution in [0.2, 0.25) is 5.15 Å². The van der Waals surface area contributed by atoms with Crippen LogP contribution in [0.3, 0.4) is 0 Å². The molecule has 5 nitrogen and oxygen atoms in total. The number of hydrogen-bond acceptors (Lipinski definition) is 3. The topological polar surface area (TPSA) is 58.5 Å². The van der Waals surface area contributed by atoms with Gasteiger partial charge < -0.3 is 15.4 Å². The molecule has 0 fully saturated rings. The van der Waals surface area contributed by atoms with Gasteiger partial charge in [0.15, 0.2) is 5.96 Å². The van der Waals surface area contributed by atoms with Crippen LogP contribution in [0.15, 0.2) is 47.6 Å². The molecular formula is C18H24ClIN4O. The summed E-state index contributed by atoms with van der Waals surface area (Å²) in [7, 11) is 1.75. The summed E-state index contributed by atoms with van der Waals surface area (Å²) in [6, 6.07) is 11.8. The highest BCUT2D eigenvalue weighted by molar-refractivity contribution is 14.0. The van der Waals surface area contributed by atoms with Gasteiger partial charge in [0.25, 0.3) is 0 Å². The van der Waals surface area contributed by atoms with Crippen molar-refractivity contribution < 1.29 is 4.74 Å². The molecule has 0 aliphatic heterocycles. The van der Waals surface area contributed by atoms with Crippen molar-refractivity contribution in [1.82, 2.24) is 15.6 Å². The minimum Gasteiger partial charge on any atom is -0.492 e. The smallest absolute Gasteiger partial charge is 0.191 e. The molecular weight excluding hydrogens is 451 g/mol. The molecule has 0 atom stereocenters. The van der Waals surface area contributed by atoms with E-state index in [1.54, 1.807) is 19.3 Å². The molecule has 25 heavy (non-hydrogen) atoms. The molecule has 0 saturated carbocycles. The zero-order valence-corrected chi connectivity index (χ0v) is 17.5. The zero-order valence-electron chi connectivity index (χ0n) is 14.5. The minimum atomic E-state index is 0. The van der Waals surface area contributed by atoms with Crippen LogP contribution in [-0.4, -0.2) is 37.7 Å². The zero-order chi connectivity index (χ0) is 17.2. The maximum Gasteiger partial charge on any atom is 0.191 e. The first-order valence-electron chi connectivity index (χ1n) is 7.92. The van der Waals surface area contributed by atoms with Crippen molar-refractivity contribution >= 4 is 41.5 Å². The summed E-state index contributed by atoms with van der Waals surface area (Å²) in [4.78, 5) is 8.26. The van der Waals surface area contributed by atoms with Gasteiger partial charge in [0.2, 0.25) is 0 Å². The average Bonchev–Trinajstić information content (AvgIpc) is 2.60. The Balaban J connectivity index is 0.00000312. The van der Waals surface area contributed by atoms with Crippen molar-refractivity contribution in [2.45, 2.75) is 13.3 Å². The number of ether oxygens (including phenoxy) is 1. The van der Waals surface area contributed by atoms with E-state index in [2.05, 4.69) is 27.5 Å². The summed E-state index contributed by atoms with van der Waals surface area (Å²) in [5.74, 6) is 1.63. The van der Waals surface area contributed by atoms with Crippen molar-refractivity contribution in [2.75, 3.05) is 26.7 Å². The lowest BCUT2D eigenvalue weighted by Gasteiger charge is -2.12. The Kier molecular flexibility index (Phi) is 10.3. The quantitative estimate of drug-likeness (QED) is 0.212. The van der Waals surface area contributed by atoms with E-state index in [0.29, 0.717) is 18.3 Å². The van der Waals surface area contributed by atoms with Crippen molar-refractivity contribution in [3.05, 3.63) is 58.9 Å². The van der Waals surface area contributed by atoms with Gasteiger partial charge in [0.1, 0.15) is 17.5 Å². The van der Waals surface area contributed by atoms with Crippen LogP contribution >= 0.6 is 35.6 Å². The Morgan fingerprint density at radius 3 is 2.48 bits per heavy atom.